The summed E-state index contributed by atoms with van der Waals surface area (Å²) in [4.78, 5) is 0. The molecular weight excluding hydrogens is 127 g/mol. The third kappa shape index (κ3) is 1.35. The highest BCUT2D eigenvalue weighted by atomic mass is 19.1. The first kappa shape index (κ1) is 6.82. The summed E-state index contributed by atoms with van der Waals surface area (Å²) in [5.74, 6) is 2.01. The molecule has 1 atom stereocenters. The molecule has 0 saturated carbocycles. The molecule has 1 unspecified atom stereocenters. The topological polar surface area (TPSA) is 0 Å². The lowest BCUT2D eigenvalue weighted by atomic mass is 10.1. The molecular formula is C9H7F. The summed E-state index contributed by atoms with van der Waals surface area (Å²) < 4.78 is 12.6. The van der Waals surface area contributed by atoms with E-state index in [0.29, 0.717) is 5.56 Å². The smallest absolute Gasteiger partial charge is 0.185 e. The predicted octanol–water partition coefficient (Wildman–Crippen LogP) is 2.33. The van der Waals surface area contributed by atoms with Gasteiger partial charge in [0.15, 0.2) is 6.17 Å². The summed E-state index contributed by atoms with van der Waals surface area (Å²) >= 11 is 0. The molecule has 0 saturated heterocycles. The molecule has 1 aromatic carbocycles. The van der Waals surface area contributed by atoms with Gasteiger partial charge in [-0.15, -0.1) is 6.42 Å². The van der Waals surface area contributed by atoms with Crippen LogP contribution in [-0.2, 0) is 0 Å². The molecule has 0 aromatic heterocycles. The molecule has 0 amide bonds. The first-order valence-electron chi connectivity index (χ1n) is 2.99. The Morgan fingerprint density at radius 3 is 2.40 bits per heavy atom. The lowest BCUT2D eigenvalue weighted by Crippen LogP contribution is -1.84. The first-order valence-corrected chi connectivity index (χ1v) is 2.99. The SMILES string of the molecule is C#CC(F)c1ccccc1. The molecule has 0 nitrogen and oxygen atoms in total. The number of hydrogen-bond acceptors (Lipinski definition) is 0. The molecule has 0 fully saturated rings. The van der Waals surface area contributed by atoms with Crippen LogP contribution in [0.3, 0.4) is 0 Å². The van der Waals surface area contributed by atoms with E-state index < -0.39 is 6.17 Å². The molecule has 1 rings (SSSR count). The van der Waals surface area contributed by atoms with Crippen molar-refractivity contribution in [2.45, 2.75) is 6.17 Å². The molecule has 0 N–H and O–H groups in total. The van der Waals surface area contributed by atoms with Crippen molar-refractivity contribution in [3.05, 3.63) is 35.9 Å². The highest BCUT2D eigenvalue weighted by molar-refractivity contribution is 5.23. The Kier molecular flexibility index (Phi) is 2.07. The van der Waals surface area contributed by atoms with Gasteiger partial charge in [0.2, 0.25) is 0 Å². The van der Waals surface area contributed by atoms with E-state index in [4.69, 9.17) is 6.42 Å². The lowest BCUT2D eigenvalue weighted by Gasteiger charge is -1.97. The molecule has 0 aliphatic heterocycles. The molecule has 10 heavy (non-hydrogen) atoms. The zero-order valence-corrected chi connectivity index (χ0v) is 5.42. The number of terminal acetylenes is 1. The van der Waals surface area contributed by atoms with Crippen molar-refractivity contribution in [3.8, 4) is 12.3 Å². The van der Waals surface area contributed by atoms with E-state index in [9.17, 15) is 4.39 Å². The Morgan fingerprint density at radius 1 is 1.30 bits per heavy atom. The average Bonchev–Trinajstić information content (AvgIpc) is 2.05. The van der Waals surface area contributed by atoms with Crippen molar-refractivity contribution >= 4 is 0 Å². The third-order valence-electron chi connectivity index (χ3n) is 1.24. The van der Waals surface area contributed by atoms with Crippen LogP contribution in [0, 0.1) is 12.3 Å². The molecule has 0 aliphatic carbocycles. The number of rotatable bonds is 1. The van der Waals surface area contributed by atoms with Gasteiger partial charge in [0.25, 0.3) is 0 Å². The second-order valence-corrected chi connectivity index (χ2v) is 1.94. The van der Waals surface area contributed by atoms with E-state index in [0.717, 1.165) is 0 Å². The Hall–Kier alpha value is -1.29. The van der Waals surface area contributed by atoms with E-state index in [1.807, 2.05) is 12.0 Å². The standard InChI is InChI=1S/C9H7F/c1-2-9(10)8-6-4-3-5-7-8/h1,3-7,9H. The molecule has 0 radical (unpaired) electrons. The van der Waals surface area contributed by atoms with Gasteiger partial charge in [-0.05, 0) is 5.56 Å². The van der Waals surface area contributed by atoms with Crippen molar-refractivity contribution in [1.82, 2.24) is 0 Å². The van der Waals surface area contributed by atoms with Gasteiger partial charge in [-0.1, -0.05) is 36.3 Å². The highest BCUT2D eigenvalue weighted by Crippen LogP contribution is 2.14. The molecule has 0 bridgehead atoms. The average molecular weight is 134 g/mol. The fraction of sp³-hybridized carbons (Fsp3) is 0.111. The van der Waals surface area contributed by atoms with Gasteiger partial charge in [0, 0.05) is 0 Å². The van der Waals surface area contributed by atoms with Gasteiger partial charge in [-0.2, -0.15) is 0 Å². The van der Waals surface area contributed by atoms with E-state index in [-0.39, 0.29) is 0 Å². The van der Waals surface area contributed by atoms with Crippen LogP contribution in [0.4, 0.5) is 4.39 Å². The Bertz CT molecular complexity index is 233. The van der Waals surface area contributed by atoms with Crippen molar-refractivity contribution in [2.75, 3.05) is 0 Å². The summed E-state index contributed by atoms with van der Waals surface area (Å²) in [6, 6.07) is 8.69. The zero-order valence-electron chi connectivity index (χ0n) is 5.42. The van der Waals surface area contributed by atoms with Gasteiger partial charge in [-0.3, -0.25) is 0 Å². The number of halogens is 1. The number of benzene rings is 1. The van der Waals surface area contributed by atoms with E-state index in [1.165, 1.54) is 0 Å². The lowest BCUT2D eigenvalue weighted by molar-refractivity contribution is 0.428. The van der Waals surface area contributed by atoms with Crippen LogP contribution in [0.15, 0.2) is 30.3 Å². The van der Waals surface area contributed by atoms with Gasteiger partial charge in [0.05, 0.1) is 0 Å². The summed E-state index contributed by atoms with van der Waals surface area (Å²) in [5, 5.41) is 0. The van der Waals surface area contributed by atoms with E-state index in [2.05, 4.69) is 0 Å². The van der Waals surface area contributed by atoms with Gasteiger partial charge in [0.1, 0.15) is 0 Å². The minimum Gasteiger partial charge on any atom is -0.228 e. The van der Waals surface area contributed by atoms with Gasteiger partial charge >= 0.3 is 0 Å². The maximum atomic E-state index is 12.6. The fourth-order valence-corrected chi connectivity index (χ4v) is 0.718. The number of hydrogen-bond donors (Lipinski definition) is 0. The van der Waals surface area contributed by atoms with Crippen LogP contribution in [0.1, 0.15) is 11.7 Å². The molecule has 0 aliphatic rings. The molecule has 1 heteroatoms. The largest absolute Gasteiger partial charge is 0.228 e. The monoisotopic (exact) mass is 134 g/mol. The minimum absolute atomic E-state index is 0.546. The van der Waals surface area contributed by atoms with Crippen molar-refractivity contribution < 1.29 is 4.39 Å². The van der Waals surface area contributed by atoms with Gasteiger partial charge < -0.3 is 0 Å². The maximum Gasteiger partial charge on any atom is 0.185 e. The zero-order chi connectivity index (χ0) is 7.40. The summed E-state index contributed by atoms with van der Waals surface area (Å²) in [6.45, 7) is 0. The number of alkyl halides is 1. The quantitative estimate of drug-likeness (QED) is 0.517. The second-order valence-electron chi connectivity index (χ2n) is 1.94. The Labute approximate surface area is 59.7 Å². The highest BCUT2D eigenvalue weighted by Gasteiger charge is 2.01. The maximum absolute atomic E-state index is 12.6. The van der Waals surface area contributed by atoms with Crippen molar-refractivity contribution in [3.63, 3.8) is 0 Å². The fourth-order valence-electron chi connectivity index (χ4n) is 0.718. The molecule has 0 heterocycles. The molecule has 50 valence electrons. The molecule has 1 aromatic rings. The van der Waals surface area contributed by atoms with E-state index in [1.54, 1.807) is 24.3 Å². The van der Waals surface area contributed by atoms with Gasteiger partial charge in [-0.25, -0.2) is 4.39 Å². The summed E-state index contributed by atoms with van der Waals surface area (Å²) in [5.41, 5.74) is 0.546. The minimum atomic E-state index is -1.26. The summed E-state index contributed by atoms with van der Waals surface area (Å²) in [6.07, 6.45) is 3.62. The normalized spacial score (nSPS) is 12.0. The van der Waals surface area contributed by atoms with Crippen molar-refractivity contribution in [2.24, 2.45) is 0 Å². The van der Waals surface area contributed by atoms with Crippen LogP contribution >= 0.6 is 0 Å². The predicted molar refractivity (Wildman–Crippen MR) is 39.1 cm³/mol. The van der Waals surface area contributed by atoms with Crippen LogP contribution in [0.2, 0.25) is 0 Å². The second kappa shape index (κ2) is 3.03. The van der Waals surface area contributed by atoms with Crippen LogP contribution in [-0.4, -0.2) is 0 Å². The summed E-state index contributed by atoms with van der Waals surface area (Å²) in [7, 11) is 0. The Morgan fingerprint density at radius 2 is 1.90 bits per heavy atom. The van der Waals surface area contributed by atoms with Crippen molar-refractivity contribution in [1.29, 1.82) is 0 Å². The van der Waals surface area contributed by atoms with Crippen LogP contribution < -0.4 is 0 Å². The van der Waals surface area contributed by atoms with Crippen LogP contribution in [0.5, 0.6) is 0 Å². The van der Waals surface area contributed by atoms with E-state index >= 15 is 0 Å². The molecule has 0 spiro atoms. The first-order chi connectivity index (χ1) is 4.84. The Balaban J connectivity index is 2.88. The third-order valence-corrected chi connectivity index (χ3v) is 1.24. The van der Waals surface area contributed by atoms with Crippen LogP contribution in [0.25, 0.3) is 0 Å².